The number of H-pyrrole nitrogens is 1. The number of pyridine rings is 1. The Kier molecular flexibility index (Phi) is 13.6. The molecule has 2 aromatic carbocycles. The second-order valence-electron chi connectivity index (χ2n) is 14.9. The van der Waals surface area contributed by atoms with E-state index in [2.05, 4.69) is 20.6 Å². The maximum Gasteiger partial charge on any atom is 0.418 e. The van der Waals surface area contributed by atoms with Crippen LogP contribution in [0.1, 0.15) is 87.7 Å². The molecule has 0 saturated carbocycles. The van der Waals surface area contributed by atoms with Crippen LogP contribution in [0.4, 0.5) is 17.6 Å². The summed E-state index contributed by atoms with van der Waals surface area (Å²) in [5.41, 5.74) is -0.201. The van der Waals surface area contributed by atoms with Gasteiger partial charge >= 0.3 is 6.18 Å². The number of para-hydroxylation sites is 1. The maximum atomic E-state index is 14.9. The SMILES string of the molecule is CCC(C)[C@H](CC(=O)Cc1ccccc1F)C(=O)N[C@]1(C(=O)C[C@H](C(=S)NCc2ccc(Cl)nc2)C(C)CC)CCc2[nH]c3c(C(F)(F)F)cccc3c2C1. The lowest BCUT2D eigenvalue weighted by Crippen LogP contribution is -2.60. The van der Waals surface area contributed by atoms with E-state index in [-0.39, 0.29) is 73.0 Å². The van der Waals surface area contributed by atoms with Crippen molar-refractivity contribution in [3.8, 4) is 0 Å². The van der Waals surface area contributed by atoms with Crippen LogP contribution in [0, 0.1) is 29.5 Å². The van der Waals surface area contributed by atoms with E-state index >= 15 is 0 Å². The Morgan fingerprint density at radius 1 is 0.982 bits per heavy atom. The summed E-state index contributed by atoms with van der Waals surface area (Å²) >= 11 is 11.8. The van der Waals surface area contributed by atoms with Gasteiger partial charge in [0.25, 0.3) is 0 Å². The first-order valence-corrected chi connectivity index (χ1v) is 19.5. The van der Waals surface area contributed by atoms with Gasteiger partial charge in [-0.1, -0.05) is 101 Å². The molecule has 4 aromatic rings. The molecule has 0 spiro atoms. The fourth-order valence-corrected chi connectivity index (χ4v) is 8.02. The lowest BCUT2D eigenvalue weighted by Gasteiger charge is -2.40. The fourth-order valence-electron chi connectivity index (χ4n) is 7.52. The Bertz CT molecular complexity index is 2040. The second-order valence-corrected chi connectivity index (χ2v) is 15.7. The van der Waals surface area contributed by atoms with Crippen LogP contribution in [0.3, 0.4) is 0 Å². The Balaban J connectivity index is 1.49. The van der Waals surface area contributed by atoms with Gasteiger partial charge in [-0.2, -0.15) is 13.2 Å². The van der Waals surface area contributed by atoms with E-state index in [1.165, 1.54) is 24.3 Å². The van der Waals surface area contributed by atoms with Crippen LogP contribution < -0.4 is 10.6 Å². The average Bonchev–Trinajstić information content (AvgIpc) is 3.53. The fraction of sp³-hybridized carbons (Fsp3) is 0.452. The second kappa shape index (κ2) is 17.7. The standard InChI is InChI=1S/C42H47ClF4N4O3S/c1-5-24(3)30(19-28(52)18-27-10-7-8-13-34(27)44)39(54)51-41(17-16-35-32(21-41)29-11-9-12-33(38(29)50-35)42(45,46)47)36(53)20-31(25(4)6-2)40(55)49-23-26-14-15-37(43)48-22-26/h7-15,22,24-25,30-31,50H,5-6,16-21,23H2,1-4H3,(H,49,55)(H,51,54)/t24?,25?,30-,31-,41+/m0/s1. The molecule has 3 N–H and O–H groups in total. The van der Waals surface area contributed by atoms with Crippen molar-refractivity contribution < 1.29 is 31.9 Å². The number of nitrogens with zero attached hydrogens (tertiary/aromatic N) is 1. The first kappa shape index (κ1) is 42.0. The zero-order valence-corrected chi connectivity index (χ0v) is 33.0. The summed E-state index contributed by atoms with van der Waals surface area (Å²) in [7, 11) is 0. The smallest absolute Gasteiger partial charge is 0.375 e. The number of amides is 1. The lowest BCUT2D eigenvalue weighted by molar-refractivity contribution is -0.137. The van der Waals surface area contributed by atoms with Crippen LogP contribution in [0.5, 0.6) is 0 Å². The lowest BCUT2D eigenvalue weighted by atomic mass is 9.72. The van der Waals surface area contributed by atoms with Gasteiger partial charge in [-0.3, -0.25) is 14.4 Å². The number of carbonyl (C=O) groups is 3. The third-order valence-electron chi connectivity index (χ3n) is 11.3. The van der Waals surface area contributed by atoms with Crippen molar-refractivity contribution in [1.82, 2.24) is 20.6 Å². The molecule has 1 aliphatic carbocycles. The number of aromatic amines is 1. The number of ketones is 2. The number of hydrogen-bond donors (Lipinski definition) is 3. The molecule has 0 radical (unpaired) electrons. The van der Waals surface area contributed by atoms with Crippen molar-refractivity contribution >= 4 is 57.2 Å². The summed E-state index contributed by atoms with van der Waals surface area (Å²) in [6.45, 7) is 8.10. The van der Waals surface area contributed by atoms with Crippen molar-refractivity contribution in [3.05, 3.63) is 99.7 Å². The number of nitrogens with one attached hydrogen (secondary N) is 3. The number of carbonyl (C=O) groups excluding carboxylic acids is 3. The van der Waals surface area contributed by atoms with Crippen LogP contribution in [0.2, 0.25) is 5.15 Å². The van der Waals surface area contributed by atoms with Crippen LogP contribution in [-0.4, -0.2) is 38.0 Å². The number of rotatable bonds is 16. The van der Waals surface area contributed by atoms with Crippen molar-refractivity contribution in [2.45, 2.75) is 97.3 Å². The normalized spacial score (nSPS) is 17.8. The Morgan fingerprint density at radius 3 is 2.35 bits per heavy atom. The molecule has 13 heteroatoms. The predicted molar refractivity (Wildman–Crippen MR) is 210 cm³/mol. The van der Waals surface area contributed by atoms with Crippen LogP contribution in [0.15, 0.2) is 60.8 Å². The van der Waals surface area contributed by atoms with Crippen molar-refractivity contribution in [1.29, 1.82) is 0 Å². The molecule has 2 aromatic heterocycles. The summed E-state index contributed by atoms with van der Waals surface area (Å²) in [5, 5.41) is 7.06. The van der Waals surface area contributed by atoms with E-state index in [0.717, 1.165) is 11.6 Å². The maximum absolute atomic E-state index is 14.9. The van der Waals surface area contributed by atoms with Gasteiger partial charge in [0.2, 0.25) is 5.91 Å². The molecule has 1 aliphatic rings. The molecule has 7 nitrogen and oxygen atoms in total. The highest BCUT2D eigenvalue weighted by Crippen LogP contribution is 2.41. The number of hydrogen-bond acceptors (Lipinski definition) is 5. The van der Waals surface area contributed by atoms with Gasteiger partial charge in [0.1, 0.15) is 22.3 Å². The number of benzene rings is 2. The van der Waals surface area contributed by atoms with Crippen molar-refractivity contribution in [3.63, 3.8) is 0 Å². The molecule has 55 heavy (non-hydrogen) atoms. The minimum absolute atomic E-state index is 0.0360. The Morgan fingerprint density at radius 2 is 1.69 bits per heavy atom. The van der Waals surface area contributed by atoms with Gasteiger partial charge in [0.15, 0.2) is 5.78 Å². The van der Waals surface area contributed by atoms with Crippen LogP contribution >= 0.6 is 23.8 Å². The zero-order valence-electron chi connectivity index (χ0n) is 31.4. The van der Waals surface area contributed by atoms with Crippen molar-refractivity contribution in [2.24, 2.45) is 23.7 Å². The molecular formula is C42H47ClF4N4O3S. The van der Waals surface area contributed by atoms with E-state index in [9.17, 15) is 31.9 Å². The van der Waals surface area contributed by atoms with E-state index < -0.39 is 40.8 Å². The number of aryl methyl sites for hydroxylation is 1. The molecule has 5 rings (SSSR count). The summed E-state index contributed by atoms with van der Waals surface area (Å²) in [6.07, 6.45) is -1.84. The van der Waals surface area contributed by atoms with E-state index in [4.69, 9.17) is 23.8 Å². The van der Waals surface area contributed by atoms with Crippen molar-refractivity contribution in [2.75, 3.05) is 0 Å². The number of aromatic nitrogens is 2. The van der Waals surface area contributed by atoms with Gasteiger partial charge in [-0.25, -0.2) is 9.37 Å². The molecule has 2 heterocycles. The van der Waals surface area contributed by atoms with Gasteiger partial charge in [0.05, 0.1) is 16.1 Å². The average molecular weight is 799 g/mol. The number of halogens is 5. The third-order valence-corrected chi connectivity index (χ3v) is 12.0. The van der Waals surface area contributed by atoms with Gasteiger partial charge < -0.3 is 15.6 Å². The highest BCUT2D eigenvalue weighted by molar-refractivity contribution is 7.80. The predicted octanol–water partition coefficient (Wildman–Crippen LogP) is 9.32. The molecule has 1 amide bonds. The van der Waals surface area contributed by atoms with Crippen LogP contribution in [0.25, 0.3) is 10.9 Å². The van der Waals surface area contributed by atoms with Gasteiger partial charge in [-0.05, 0) is 59.6 Å². The molecule has 294 valence electrons. The molecule has 0 aliphatic heterocycles. The quantitative estimate of drug-likeness (QED) is 0.0594. The number of Topliss-reactive ketones (excluding diaryl/α,β-unsaturated/α-hetero) is 2. The molecule has 2 unspecified atom stereocenters. The number of thiocarbonyl (C=S) groups is 1. The Labute approximate surface area is 329 Å². The molecule has 0 saturated heterocycles. The monoisotopic (exact) mass is 798 g/mol. The first-order chi connectivity index (χ1) is 26.1. The summed E-state index contributed by atoms with van der Waals surface area (Å²) in [4.78, 5) is 50.3. The van der Waals surface area contributed by atoms with Crippen LogP contribution in [-0.2, 0) is 46.4 Å². The zero-order chi connectivity index (χ0) is 40.1. The minimum Gasteiger partial charge on any atom is -0.375 e. The molecule has 5 atom stereocenters. The van der Waals surface area contributed by atoms with Gasteiger partial charge in [0, 0.05) is 61.3 Å². The van der Waals surface area contributed by atoms with E-state index in [0.29, 0.717) is 46.2 Å². The number of alkyl halides is 3. The summed E-state index contributed by atoms with van der Waals surface area (Å²) < 4.78 is 56.8. The first-order valence-electron chi connectivity index (χ1n) is 18.7. The minimum atomic E-state index is -4.61. The third kappa shape index (κ3) is 9.81. The molecule has 0 fully saturated rings. The highest BCUT2D eigenvalue weighted by atomic mass is 35.5. The van der Waals surface area contributed by atoms with Gasteiger partial charge in [-0.15, -0.1) is 0 Å². The topological polar surface area (TPSA) is 104 Å². The highest BCUT2D eigenvalue weighted by Gasteiger charge is 2.46. The molecular weight excluding hydrogens is 752 g/mol. The summed E-state index contributed by atoms with van der Waals surface area (Å²) in [6, 6.07) is 13.4. The largest absolute Gasteiger partial charge is 0.418 e. The number of fused-ring (bicyclic) bond motifs is 3. The summed E-state index contributed by atoms with van der Waals surface area (Å²) in [5.74, 6) is -3.20. The van der Waals surface area contributed by atoms with E-state index in [1.54, 1.807) is 24.4 Å². The molecule has 0 bridgehead atoms. The Hall–Kier alpha value is -4.16. The van der Waals surface area contributed by atoms with E-state index in [1.807, 2.05) is 33.8 Å².